The summed E-state index contributed by atoms with van der Waals surface area (Å²) in [7, 11) is -0.207. The topological polar surface area (TPSA) is 0 Å². The van der Waals surface area contributed by atoms with Crippen LogP contribution in [0.25, 0.3) is 10.8 Å². The average molecular weight is 396 g/mol. The van der Waals surface area contributed by atoms with Crippen molar-refractivity contribution in [1.82, 2.24) is 0 Å². The molecule has 0 bridgehead atoms. The van der Waals surface area contributed by atoms with E-state index < -0.39 is 0 Å². The molecule has 114 valence electrons. The molecule has 1 aliphatic carbocycles. The second-order valence-electron chi connectivity index (χ2n) is 4.98. The maximum Gasteiger partial charge on any atom is 4.00 e. The van der Waals surface area contributed by atoms with Crippen molar-refractivity contribution in [3.05, 3.63) is 59.9 Å². The second-order valence-corrected chi connectivity index (χ2v) is 7.25. The van der Waals surface area contributed by atoms with E-state index in [1.165, 1.54) is 35.1 Å². The Labute approximate surface area is 151 Å². The SMILES string of the molecule is CCCCP(C1=[C-]CC=C1)[c-]1ccc2ccccc21.[F-].[F-].[Zr+4]. The van der Waals surface area contributed by atoms with Crippen LogP contribution >= 0.6 is 7.92 Å². The molecule has 0 heterocycles. The van der Waals surface area contributed by atoms with Crippen LogP contribution in [-0.2, 0) is 26.2 Å². The zero-order valence-electron chi connectivity index (χ0n) is 12.7. The summed E-state index contributed by atoms with van der Waals surface area (Å²) in [5.41, 5.74) is 0. The molecule has 0 aliphatic heterocycles. The van der Waals surface area contributed by atoms with Crippen LogP contribution in [0.15, 0.2) is 53.9 Å². The second kappa shape index (κ2) is 10.3. The number of unbranched alkanes of at least 4 members (excludes halogenated alkanes) is 1. The Morgan fingerprint density at radius 1 is 1.18 bits per heavy atom. The van der Waals surface area contributed by atoms with E-state index in [1.54, 1.807) is 5.30 Å². The van der Waals surface area contributed by atoms with Crippen LogP contribution in [0.4, 0.5) is 0 Å². The standard InChI is InChI=1S/C18H19P.2FH.Zr/c1-2-3-14-19(16-9-5-6-10-16)18-13-12-15-8-4-7-11-17(15)18;;;/h4-5,7-9,11-13H,2-3,6,14H2,1H3;2*1H;/q-2;;;+4/p-2. The van der Waals surface area contributed by atoms with Gasteiger partial charge in [0.1, 0.15) is 0 Å². The molecule has 22 heavy (non-hydrogen) atoms. The maximum atomic E-state index is 3.55. The number of allylic oxidation sites excluding steroid dienone is 4. The zero-order chi connectivity index (χ0) is 13.1. The fourth-order valence-corrected chi connectivity index (χ4v) is 5.32. The van der Waals surface area contributed by atoms with E-state index in [1.807, 2.05) is 0 Å². The molecule has 0 saturated carbocycles. The molecule has 0 fully saturated rings. The Bertz CT molecular complexity index is 631. The van der Waals surface area contributed by atoms with Crippen molar-refractivity contribution in [1.29, 1.82) is 0 Å². The van der Waals surface area contributed by atoms with Crippen LogP contribution in [-0.4, -0.2) is 6.16 Å². The van der Waals surface area contributed by atoms with Gasteiger partial charge in [-0.25, -0.2) is 11.4 Å². The monoisotopic (exact) mass is 394 g/mol. The summed E-state index contributed by atoms with van der Waals surface area (Å²) in [6.07, 6.45) is 13.0. The van der Waals surface area contributed by atoms with E-state index in [9.17, 15) is 0 Å². The molecule has 0 radical (unpaired) electrons. The van der Waals surface area contributed by atoms with Crippen molar-refractivity contribution in [2.45, 2.75) is 26.2 Å². The minimum atomic E-state index is -0.207. The van der Waals surface area contributed by atoms with Gasteiger partial charge in [-0.2, -0.15) is 12.1 Å². The predicted octanol–water partition coefficient (Wildman–Crippen LogP) is -0.882. The largest absolute Gasteiger partial charge is 4.00 e. The van der Waals surface area contributed by atoms with Gasteiger partial charge < -0.3 is 9.41 Å². The van der Waals surface area contributed by atoms with Gasteiger partial charge in [0.15, 0.2) is 0 Å². The fraction of sp³-hybridized carbons (Fsp3) is 0.278. The molecule has 0 nitrogen and oxygen atoms in total. The van der Waals surface area contributed by atoms with Gasteiger partial charge >= 0.3 is 26.2 Å². The van der Waals surface area contributed by atoms with Crippen LogP contribution in [0.3, 0.4) is 0 Å². The quantitative estimate of drug-likeness (QED) is 0.456. The molecular formula is C18H19F2PZr. The summed E-state index contributed by atoms with van der Waals surface area (Å²) in [4.78, 5) is 0. The molecule has 1 unspecified atom stereocenters. The van der Waals surface area contributed by atoms with Gasteiger partial charge in [-0.15, -0.1) is 54.7 Å². The average Bonchev–Trinajstić information content (AvgIpc) is 3.09. The summed E-state index contributed by atoms with van der Waals surface area (Å²) in [5, 5.41) is 5.83. The van der Waals surface area contributed by atoms with Crippen molar-refractivity contribution in [2.24, 2.45) is 0 Å². The first-order chi connectivity index (χ1) is 9.40. The van der Waals surface area contributed by atoms with Gasteiger partial charge in [-0.05, 0) is 12.6 Å². The molecular weight excluding hydrogens is 376 g/mol. The van der Waals surface area contributed by atoms with Crippen molar-refractivity contribution < 1.29 is 35.6 Å². The summed E-state index contributed by atoms with van der Waals surface area (Å²) < 4.78 is 0. The normalized spacial score (nSPS) is 13.8. The summed E-state index contributed by atoms with van der Waals surface area (Å²) >= 11 is 0. The smallest absolute Gasteiger partial charge is 1.00 e. The molecule has 0 N–H and O–H groups in total. The molecule has 1 atom stereocenters. The van der Waals surface area contributed by atoms with E-state index in [0.29, 0.717) is 0 Å². The van der Waals surface area contributed by atoms with Crippen LogP contribution in [0.5, 0.6) is 0 Å². The Morgan fingerprint density at radius 2 is 1.95 bits per heavy atom. The first-order valence-corrected chi connectivity index (χ1v) is 8.62. The minimum absolute atomic E-state index is 0. The Balaban J connectivity index is 0.00000147. The zero-order valence-corrected chi connectivity index (χ0v) is 16.0. The third kappa shape index (κ3) is 4.49. The molecule has 2 aromatic rings. The van der Waals surface area contributed by atoms with Crippen LogP contribution < -0.4 is 14.7 Å². The molecule has 3 rings (SSSR count). The first kappa shape index (κ1) is 21.5. The van der Waals surface area contributed by atoms with Gasteiger partial charge in [0.05, 0.1) is 0 Å². The van der Waals surface area contributed by atoms with E-state index in [-0.39, 0.29) is 43.5 Å². The van der Waals surface area contributed by atoms with Crippen molar-refractivity contribution in [3.63, 3.8) is 0 Å². The summed E-state index contributed by atoms with van der Waals surface area (Å²) in [5.74, 6) is 0. The Kier molecular flexibility index (Phi) is 10.1. The van der Waals surface area contributed by atoms with Crippen LogP contribution in [0.1, 0.15) is 26.2 Å². The number of rotatable bonds is 5. The number of hydrogen-bond acceptors (Lipinski definition) is 0. The predicted molar refractivity (Wildman–Crippen MR) is 86.4 cm³/mol. The minimum Gasteiger partial charge on any atom is -1.00 e. The molecule has 0 aromatic heterocycles. The van der Waals surface area contributed by atoms with Gasteiger partial charge in [0.25, 0.3) is 0 Å². The Hall–Kier alpha value is -0.517. The van der Waals surface area contributed by atoms with Crippen LogP contribution in [0, 0.1) is 6.08 Å². The van der Waals surface area contributed by atoms with E-state index in [4.69, 9.17) is 0 Å². The van der Waals surface area contributed by atoms with Gasteiger partial charge in [-0.1, -0.05) is 19.4 Å². The molecule has 0 amide bonds. The summed E-state index contributed by atoms with van der Waals surface area (Å²) in [6, 6.07) is 13.4. The molecule has 0 saturated heterocycles. The number of halogens is 2. The number of fused-ring (bicyclic) bond motifs is 1. The first-order valence-electron chi connectivity index (χ1n) is 7.09. The van der Waals surface area contributed by atoms with Gasteiger partial charge in [-0.3, -0.25) is 6.08 Å². The van der Waals surface area contributed by atoms with Gasteiger partial charge in [0, 0.05) is 0 Å². The van der Waals surface area contributed by atoms with E-state index >= 15 is 0 Å². The fourth-order valence-electron chi connectivity index (χ4n) is 2.63. The van der Waals surface area contributed by atoms with Gasteiger partial charge in [0.2, 0.25) is 0 Å². The van der Waals surface area contributed by atoms with E-state index in [0.717, 1.165) is 6.42 Å². The Morgan fingerprint density at radius 3 is 2.64 bits per heavy atom. The molecule has 2 aromatic carbocycles. The maximum absolute atomic E-state index is 3.55. The van der Waals surface area contributed by atoms with Crippen molar-refractivity contribution >= 4 is 24.0 Å². The number of benzene rings is 1. The third-order valence-electron chi connectivity index (χ3n) is 3.65. The third-order valence-corrected chi connectivity index (χ3v) is 6.27. The van der Waals surface area contributed by atoms with E-state index in [2.05, 4.69) is 61.5 Å². The molecule has 1 aliphatic rings. The number of hydrogen-bond donors (Lipinski definition) is 0. The summed E-state index contributed by atoms with van der Waals surface area (Å²) in [6.45, 7) is 2.28. The van der Waals surface area contributed by atoms with Crippen molar-refractivity contribution in [2.75, 3.05) is 6.16 Å². The van der Waals surface area contributed by atoms with Crippen LogP contribution in [0.2, 0.25) is 0 Å². The van der Waals surface area contributed by atoms with Crippen molar-refractivity contribution in [3.8, 4) is 0 Å². The molecule has 0 spiro atoms. The molecule has 4 heteroatoms.